The summed E-state index contributed by atoms with van der Waals surface area (Å²) in [6, 6.07) is 7.12. The molecule has 0 atom stereocenters. The van der Waals surface area contributed by atoms with Crippen LogP contribution in [0.2, 0.25) is 0 Å². The van der Waals surface area contributed by atoms with Crippen LogP contribution in [0.1, 0.15) is 31.1 Å². The van der Waals surface area contributed by atoms with Crippen molar-refractivity contribution in [3.05, 3.63) is 53.1 Å². The van der Waals surface area contributed by atoms with Gasteiger partial charge in [0.1, 0.15) is 5.75 Å². The van der Waals surface area contributed by atoms with E-state index in [1.165, 1.54) is 24.3 Å². The summed E-state index contributed by atoms with van der Waals surface area (Å²) in [5.41, 5.74) is -1.51. The lowest BCUT2D eigenvalue weighted by molar-refractivity contribution is 0.0650. The highest BCUT2D eigenvalue weighted by Gasteiger charge is 2.26. The van der Waals surface area contributed by atoms with E-state index in [-0.39, 0.29) is 22.4 Å². The Morgan fingerprint density at radius 2 is 1.18 bits per heavy atom. The second kappa shape index (κ2) is 5.57. The average Bonchev–Trinajstić information content (AvgIpc) is 2.46. The van der Waals surface area contributed by atoms with E-state index >= 15 is 0 Å². The van der Waals surface area contributed by atoms with Crippen molar-refractivity contribution in [3.8, 4) is 16.9 Å². The smallest absolute Gasteiger partial charge is 0.337 e. The van der Waals surface area contributed by atoms with Gasteiger partial charge in [-0.05, 0) is 29.8 Å². The minimum Gasteiger partial charge on any atom is -0.508 e. The molecule has 0 unspecified atom stereocenters. The topological polar surface area (TPSA) is 132 Å². The molecule has 0 aliphatic rings. The lowest BCUT2D eigenvalue weighted by Gasteiger charge is -2.13. The number of carbonyl (C=O) groups is 3. The van der Waals surface area contributed by atoms with E-state index in [1.807, 2.05) is 0 Å². The Hall–Kier alpha value is -3.35. The maximum absolute atomic E-state index is 11.5. The van der Waals surface area contributed by atoms with Crippen LogP contribution >= 0.6 is 0 Å². The van der Waals surface area contributed by atoms with Crippen molar-refractivity contribution in [1.29, 1.82) is 0 Å². The third-order valence-corrected chi connectivity index (χ3v) is 3.04. The van der Waals surface area contributed by atoms with Crippen LogP contribution in [-0.4, -0.2) is 38.3 Å². The lowest BCUT2D eigenvalue weighted by atomic mass is 9.90. The Labute approximate surface area is 123 Å². The lowest BCUT2D eigenvalue weighted by Crippen LogP contribution is -2.13. The van der Waals surface area contributed by atoms with Gasteiger partial charge in [-0.25, -0.2) is 14.4 Å². The fraction of sp³-hybridized carbons (Fsp3) is 0. The number of phenolic OH excluding ortho intramolecular Hbond substituents is 1. The largest absolute Gasteiger partial charge is 0.508 e. The Morgan fingerprint density at radius 1 is 0.682 bits per heavy atom. The van der Waals surface area contributed by atoms with Crippen LogP contribution in [0.5, 0.6) is 5.75 Å². The van der Waals surface area contributed by atoms with E-state index in [1.54, 1.807) is 0 Å². The van der Waals surface area contributed by atoms with Crippen LogP contribution in [0.25, 0.3) is 11.1 Å². The van der Waals surface area contributed by atoms with E-state index in [4.69, 9.17) is 5.11 Å². The molecule has 4 N–H and O–H groups in total. The summed E-state index contributed by atoms with van der Waals surface area (Å²) in [5, 5.41) is 36.9. The van der Waals surface area contributed by atoms with Crippen molar-refractivity contribution in [2.45, 2.75) is 0 Å². The molecule has 0 saturated heterocycles. The zero-order valence-electron chi connectivity index (χ0n) is 11.0. The summed E-state index contributed by atoms with van der Waals surface area (Å²) in [5.74, 6) is -4.51. The van der Waals surface area contributed by atoms with Crippen molar-refractivity contribution in [2.24, 2.45) is 0 Å². The van der Waals surface area contributed by atoms with Gasteiger partial charge in [-0.15, -0.1) is 0 Å². The number of aromatic carboxylic acids is 3. The second-order valence-electron chi connectivity index (χ2n) is 4.37. The molecule has 0 fully saturated rings. The molecule has 2 rings (SSSR count). The van der Waals surface area contributed by atoms with Crippen LogP contribution in [-0.2, 0) is 0 Å². The molecule has 0 spiro atoms. The third kappa shape index (κ3) is 2.59. The van der Waals surface area contributed by atoms with Crippen molar-refractivity contribution in [2.75, 3.05) is 0 Å². The van der Waals surface area contributed by atoms with Gasteiger partial charge in [0.15, 0.2) is 0 Å². The predicted octanol–water partition coefficient (Wildman–Crippen LogP) is 2.15. The highest BCUT2D eigenvalue weighted by atomic mass is 16.4. The molecule has 0 aliphatic heterocycles. The molecule has 2 aromatic carbocycles. The quantitative estimate of drug-likeness (QED) is 0.680. The molecule has 22 heavy (non-hydrogen) atoms. The molecule has 7 nitrogen and oxygen atoms in total. The first-order chi connectivity index (χ1) is 10.3. The van der Waals surface area contributed by atoms with Crippen LogP contribution in [0.3, 0.4) is 0 Å². The fourth-order valence-electron chi connectivity index (χ4n) is 2.11. The minimum atomic E-state index is -1.55. The van der Waals surface area contributed by atoms with Crippen LogP contribution in [0.4, 0.5) is 0 Å². The van der Waals surface area contributed by atoms with Gasteiger partial charge in [0.05, 0.1) is 16.7 Å². The molecule has 0 heterocycles. The number of carboxylic acids is 3. The van der Waals surface area contributed by atoms with Crippen molar-refractivity contribution in [1.82, 2.24) is 0 Å². The number of aromatic hydroxyl groups is 1. The molecule has 0 radical (unpaired) electrons. The molecule has 2 aromatic rings. The molecule has 0 saturated carbocycles. The maximum atomic E-state index is 11.5. The highest BCUT2D eigenvalue weighted by molar-refractivity contribution is 6.11. The Kier molecular flexibility index (Phi) is 3.81. The zero-order chi connectivity index (χ0) is 16.4. The molecule has 7 heteroatoms. The van der Waals surface area contributed by atoms with E-state index in [0.29, 0.717) is 0 Å². The van der Waals surface area contributed by atoms with E-state index in [9.17, 15) is 29.7 Å². The summed E-state index contributed by atoms with van der Waals surface area (Å²) in [6.45, 7) is 0. The number of hydrogen-bond donors (Lipinski definition) is 4. The number of benzene rings is 2. The molecular formula is C15H10O7. The Bertz CT molecular complexity index is 775. The first-order valence-electron chi connectivity index (χ1n) is 5.99. The molecule has 0 amide bonds. The predicted molar refractivity (Wildman–Crippen MR) is 74.4 cm³/mol. The van der Waals surface area contributed by atoms with Gasteiger partial charge in [-0.3, -0.25) is 0 Å². The van der Waals surface area contributed by atoms with Gasteiger partial charge in [0.25, 0.3) is 0 Å². The van der Waals surface area contributed by atoms with Crippen LogP contribution < -0.4 is 0 Å². The van der Waals surface area contributed by atoms with Crippen LogP contribution in [0, 0.1) is 0 Å². The first kappa shape index (κ1) is 15.0. The van der Waals surface area contributed by atoms with E-state index in [0.717, 1.165) is 12.1 Å². The first-order valence-corrected chi connectivity index (χ1v) is 5.99. The fourth-order valence-corrected chi connectivity index (χ4v) is 2.11. The van der Waals surface area contributed by atoms with E-state index < -0.39 is 29.0 Å². The Balaban J connectivity index is 2.90. The normalized spacial score (nSPS) is 10.2. The van der Waals surface area contributed by atoms with E-state index in [2.05, 4.69) is 0 Å². The monoisotopic (exact) mass is 302 g/mol. The second-order valence-corrected chi connectivity index (χ2v) is 4.37. The van der Waals surface area contributed by atoms with Gasteiger partial charge in [0, 0.05) is 5.56 Å². The minimum absolute atomic E-state index is 0.0908. The molecule has 0 bridgehead atoms. The summed E-state index contributed by atoms with van der Waals surface area (Å²) >= 11 is 0. The average molecular weight is 302 g/mol. The number of rotatable bonds is 4. The molecule has 0 aliphatic carbocycles. The van der Waals surface area contributed by atoms with Gasteiger partial charge >= 0.3 is 17.9 Å². The maximum Gasteiger partial charge on any atom is 0.337 e. The number of phenols is 1. The third-order valence-electron chi connectivity index (χ3n) is 3.04. The standard InChI is InChI=1S/C15H10O7/c16-8-3-1-7(2-4-8)11-9(13(17)18)5-6-10(14(19)20)12(11)15(21)22/h1-6,16H,(H,17,18)(H,19,20)(H,21,22). The van der Waals surface area contributed by atoms with Crippen LogP contribution in [0.15, 0.2) is 36.4 Å². The van der Waals surface area contributed by atoms with Crippen molar-refractivity contribution < 1.29 is 34.8 Å². The van der Waals surface area contributed by atoms with Gasteiger partial charge in [-0.2, -0.15) is 0 Å². The number of hydrogen-bond acceptors (Lipinski definition) is 4. The van der Waals surface area contributed by atoms with Gasteiger partial charge < -0.3 is 20.4 Å². The summed E-state index contributed by atoms with van der Waals surface area (Å²) in [6.07, 6.45) is 0. The van der Waals surface area contributed by atoms with Crippen molar-refractivity contribution >= 4 is 17.9 Å². The molecular weight excluding hydrogens is 292 g/mol. The summed E-state index contributed by atoms with van der Waals surface area (Å²) in [4.78, 5) is 34.0. The van der Waals surface area contributed by atoms with Gasteiger partial charge in [0.2, 0.25) is 0 Å². The highest BCUT2D eigenvalue weighted by Crippen LogP contribution is 2.32. The molecule has 112 valence electrons. The summed E-state index contributed by atoms with van der Waals surface area (Å²) in [7, 11) is 0. The SMILES string of the molecule is O=C(O)c1ccc(C(=O)O)c(-c2ccc(O)cc2)c1C(=O)O. The number of carboxylic acid groups (broad SMARTS) is 3. The van der Waals surface area contributed by atoms with Gasteiger partial charge in [-0.1, -0.05) is 12.1 Å². The zero-order valence-corrected chi connectivity index (χ0v) is 11.0. The Morgan fingerprint density at radius 3 is 1.64 bits per heavy atom. The van der Waals surface area contributed by atoms with Crippen molar-refractivity contribution in [3.63, 3.8) is 0 Å². The molecule has 0 aromatic heterocycles. The summed E-state index contributed by atoms with van der Waals surface area (Å²) < 4.78 is 0.